The average Bonchev–Trinajstić information content (AvgIpc) is 3.26. The topological polar surface area (TPSA) is 76.3 Å². The van der Waals surface area contributed by atoms with Crippen molar-refractivity contribution in [1.29, 1.82) is 0 Å². The Kier molecular flexibility index (Phi) is 3.27. The monoisotopic (exact) mass is 371 g/mol. The van der Waals surface area contributed by atoms with Crippen LogP contribution in [0.4, 0.5) is 0 Å². The highest BCUT2D eigenvalue weighted by Crippen LogP contribution is 2.39. The first-order valence-electron chi connectivity index (χ1n) is 8.88. The standard InChI is InChI=1S/C22H17N3O3/c1-24-10-15(13-5-3-4-6-17(13)24)19-20(22(28)23-21(19)27)16-11-25(2)18-8-7-12(26)9-14(16)18/h3-11,26H,1-2H3,(H,23,27,28). The van der Waals surface area contributed by atoms with Crippen LogP contribution in [-0.4, -0.2) is 26.1 Å². The Morgan fingerprint density at radius 2 is 1.36 bits per heavy atom. The van der Waals surface area contributed by atoms with Gasteiger partial charge in [-0.05, 0) is 24.3 Å². The van der Waals surface area contributed by atoms with Crippen LogP contribution in [0.3, 0.4) is 0 Å². The van der Waals surface area contributed by atoms with Gasteiger partial charge in [-0.15, -0.1) is 0 Å². The number of hydrogen-bond acceptors (Lipinski definition) is 3. The molecule has 28 heavy (non-hydrogen) atoms. The maximum Gasteiger partial charge on any atom is 0.259 e. The zero-order valence-corrected chi connectivity index (χ0v) is 15.4. The van der Waals surface area contributed by atoms with Gasteiger partial charge >= 0.3 is 0 Å². The lowest BCUT2D eigenvalue weighted by Crippen LogP contribution is -2.22. The summed E-state index contributed by atoms with van der Waals surface area (Å²) in [6.45, 7) is 0. The van der Waals surface area contributed by atoms with Gasteiger partial charge in [0, 0.05) is 59.4 Å². The minimum Gasteiger partial charge on any atom is -0.508 e. The maximum absolute atomic E-state index is 12.8. The number of carbonyl (C=O) groups excluding carboxylic acids is 2. The number of nitrogens with zero attached hydrogens (tertiary/aromatic N) is 2. The molecule has 138 valence electrons. The Morgan fingerprint density at radius 3 is 2.04 bits per heavy atom. The summed E-state index contributed by atoms with van der Waals surface area (Å²) in [5, 5.41) is 14.0. The number of aromatic hydroxyl groups is 1. The number of nitrogens with one attached hydrogen (secondary N) is 1. The Bertz CT molecular complexity index is 1350. The molecule has 0 unspecified atom stereocenters. The van der Waals surface area contributed by atoms with Crippen LogP contribution in [-0.2, 0) is 23.7 Å². The van der Waals surface area contributed by atoms with Gasteiger partial charge in [-0.2, -0.15) is 0 Å². The van der Waals surface area contributed by atoms with Crippen LogP contribution < -0.4 is 5.32 Å². The van der Waals surface area contributed by atoms with Crippen molar-refractivity contribution < 1.29 is 14.7 Å². The molecule has 0 aliphatic carbocycles. The molecular formula is C22H17N3O3. The van der Waals surface area contributed by atoms with Gasteiger partial charge in [0.15, 0.2) is 0 Å². The second-order valence-corrected chi connectivity index (χ2v) is 7.06. The number of aryl methyl sites for hydroxylation is 2. The molecule has 0 saturated carbocycles. The van der Waals surface area contributed by atoms with E-state index in [-0.39, 0.29) is 5.75 Å². The molecule has 6 nitrogen and oxygen atoms in total. The van der Waals surface area contributed by atoms with Gasteiger partial charge in [0.1, 0.15) is 5.75 Å². The number of phenolic OH excluding ortho intramolecular Hbond substituents is 1. The number of carbonyl (C=O) groups is 2. The van der Waals surface area contributed by atoms with Crippen LogP contribution in [0.2, 0.25) is 0 Å². The van der Waals surface area contributed by atoms with Crippen LogP contribution in [0.1, 0.15) is 11.1 Å². The van der Waals surface area contributed by atoms with Gasteiger partial charge in [0.2, 0.25) is 0 Å². The normalized spacial score (nSPS) is 14.5. The Labute approximate surface area is 160 Å². The van der Waals surface area contributed by atoms with Crippen molar-refractivity contribution in [3.8, 4) is 5.75 Å². The number of hydrogen-bond donors (Lipinski definition) is 2. The molecule has 0 bridgehead atoms. The second-order valence-electron chi connectivity index (χ2n) is 7.06. The number of imide groups is 1. The van der Waals surface area contributed by atoms with Crippen molar-refractivity contribution in [1.82, 2.24) is 14.5 Å². The van der Waals surface area contributed by atoms with Crippen LogP contribution >= 0.6 is 0 Å². The highest BCUT2D eigenvalue weighted by molar-refractivity contribution is 6.50. The molecule has 0 atom stereocenters. The van der Waals surface area contributed by atoms with E-state index in [1.807, 2.05) is 59.9 Å². The average molecular weight is 371 g/mol. The third kappa shape index (κ3) is 2.15. The number of fused-ring (bicyclic) bond motifs is 2. The van der Waals surface area contributed by atoms with E-state index in [1.54, 1.807) is 18.2 Å². The van der Waals surface area contributed by atoms with E-state index in [0.29, 0.717) is 22.3 Å². The van der Waals surface area contributed by atoms with E-state index in [9.17, 15) is 14.7 Å². The molecular weight excluding hydrogens is 354 g/mol. The van der Waals surface area contributed by atoms with Crippen molar-refractivity contribution in [3.05, 3.63) is 66.0 Å². The van der Waals surface area contributed by atoms with Crippen LogP contribution in [0.5, 0.6) is 5.75 Å². The molecule has 2 aromatic heterocycles. The lowest BCUT2D eigenvalue weighted by atomic mass is 9.95. The summed E-state index contributed by atoms with van der Waals surface area (Å²) in [5.41, 5.74) is 3.88. The highest BCUT2D eigenvalue weighted by Gasteiger charge is 2.35. The van der Waals surface area contributed by atoms with E-state index in [4.69, 9.17) is 0 Å². The molecule has 5 rings (SSSR count). The molecule has 2 N–H and O–H groups in total. The molecule has 0 fully saturated rings. The fraction of sp³-hybridized carbons (Fsp3) is 0.0909. The van der Waals surface area contributed by atoms with E-state index in [0.717, 1.165) is 21.8 Å². The van der Waals surface area contributed by atoms with Crippen molar-refractivity contribution >= 4 is 44.8 Å². The van der Waals surface area contributed by atoms with Crippen LogP contribution in [0.25, 0.3) is 33.0 Å². The number of rotatable bonds is 2. The summed E-state index contributed by atoms with van der Waals surface area (Å²) in [6.07, 6.45) is 3.70. The second kappa shape index (κ2) is 5.60. The van der Waals surface area contributed by atoms with Gasteiger partial charge in [-0.3, -0.25) is 14.9 Å². The lowest BCUT2D eigenvalue weighted by Gasteiger charge is -2.03. The van der Waals surface area contributed by atoms with Gasteiger partial charge in [0.05, 0.1) is 11.1 Å². The van der Waals surface area contributed by atoms with Crippen molar-refractivity contribution in [2.45, 2.75) is 0 Å². The molecule has 1 aliphatic heterocycles. The van der Waals surface area contributed by atoms with Gasteiger partial charge < -0.3 is 14.2 Å². The quantitative estimate of drug-likeness (QED) is 0.532. The minimum absolute atomic E-state index is 0.108. The molecule has 4 aromatic rings. The van der Waals surface area contributed by atoms with E-state index in [2.05, 4.69) is 5.32 Å². The number of para-hydroxylation sites is 1. The largest absolute Gasteiger partial charge is 0.508 e. The number of phenols is 1. The number of aromatic nitrogens is 2. The van der Waals surface area contributed by atoms with Crippen LogP contribution in [0, 0.1) is 0 Å². The first kappa shape index (κ1) is 16.4. The fourth-order valence-electron chi connectivity index (χ4n) is 4.09. The predicted molar refractivity (Wildman–Crippen MR) is 107 cm³/mol. The molecule has 2 aromatic carbocycles. The van der Waals surface area contributed by atoms with E-state index < -0.39 is 11.8 Å². The minimum atomic E-state index is -0.427. The summed E-state index contributed by atoms with van der Waals surface area (Å²) in [4.78, 5) is 25.6. The fourth-order valence-corrected chi connectivity index (χ4v) is 4.09. The zero-order valence-electron chi connectivity index (χ0n) is 15.4. The summed E-state index contributed by atoms with van der Waals surface area (Å²) in [7, 11) is 3.78. The van der Waals surface area contributed by atoms with Crippen molar-refractivity contribution in [2.24, 2.45) is 14.1 Å². The molecule has 2 amide bonds. The number of amides is 2. The van der Waals surface area contributed by atoms with Crippen molar-refractivity contribution in [2.75, 3.05) is 0 Å². The summed E-state index contributed by atoms with van der Waals surface area (Å²) in [5.74, 6) is -0.728. The summed E-state index contributed by atoms with van der Waals surface area (Å²) >= 11 is 0. The molecule has 6 heteroatoms. The SMILES string of the molecule is Cn1cc(C2=C(c3cn(C)c4ccc(O)cc34)C(=O)NC2=O)c2ccccc21. The highest BCUT2D eigenvalue weighted by atomic mass is 16.3. The maximum atomic E-state index is 12.8. The Morgan fingerprint density at radius 1 is 0.786 bits per heavy atom. The Balaban J connectivity index is 1.88. The third-order valence-corrected chi connectivity index (χ3v) is 5.34. The third-order valence-electron chi connectivity index (χ3n) is 5.34. The van der Waals surface area contributed by atoms with Gasteiger partial charge in [-0.1, -0.05) is 18.2 Å². The first-order valence-corrected chi connectivity index (χ1v) is 8.88. The first-order chi connectivity index (χ1) is 13.5. The van der Waals surface area contributed by atoms with Crippen LogP contribution in [0.15, 0.2) is 54.9 Å². The van der Waals surface area contributed by atoms with E-state index in [1.165, 1.54) is 0 Å². The predicted octanol–water partition coefficient (Wildman–Crippen LogP) is 2.94. The summed E-state index contributed by atoms with van der Waals surface area (Å²) < 4.78 is 3.83. The van der Waals surface area contributed by atoms with Gasteiger partial charge in [-0.25, -0.2) is 0 Å². The van der Waals surface area contributed by atoms with E-state index >= 15 is 0 Å². The molecule has 1 aliphatic rings. The number of benzene rings is 2. The van der Waals surface area contributed by atoms with Crippen molar-refractivity contribution in [3.63, 3.8) is 0 Å². The molecule has 0 spiro atoms. The Hall–Kier alpha value is -3.80. The lowest BCUT2D eigenvalue weighted by molar-refractivity contribution is -0.122. The van der Waals surface area contributed by atoms with Gasteiger partial charge in [0.25, 0.3) is 11.8 Å². The molecule has 0 radical (unpaired) electrons. The molecule has 3 heterocycles. The molecule has 0 saturated heterocycles. The smallest absolute Gasteiger partial charge is 0.259 e. The zero-order chi connectivity index (χ0) is 19.6. The summed E-state index contributed by atoms with van der Waals surface area (Å²) in [6, 6.07) is 12.8.